The highest BCUT2D eigenvalue weighted by Crippen LogP contribution is 2.32. The van der Waals surface area contributed by atoms with Crippen molar-refractivity contribution < 1.29 is 14.9 Å². The molecule has 0 aliphatic carbocycles. The van der Waals surface area contributed by atoms with E-state index >= 15 is 0 Å². The number of piperazine rings is 1. The summed E-state index contributed by atoms with van der Waals surface area (Å²) in [6.07, 6.45) is 3.39. The molecule has 0 bridgehead atoms. The largest absolute Gasteiger partial charge is 0.504 e. The Kier molecular flexibility index (Phi) is 7.09. The molecule has 1 aromatic rings. The normalized spacial score (nSPS) is 17.6. The van der Waals surface area contributed by atoms with Gasteiger partial charge in [-0.3, -0.25) is 9.80 Å². The van der Waals surface area contributed by atoms with Crippen LogP contribution in [0.25, 0.3) is 0 Å². The van der Waals surface area contributed by atoms with Gasteiger partial charge in [-0.15, -0.1) is 6.58 Å². The molecule has 134 valence electrons. The monoisotopic (exact) mass is 334 g/mol. The maximum absolute atomic E-state index is 10.2. The minimum atomic E-state index is 0.208. The third-order valence-electron chi connectivity index (χ3n) is 4.81. The Balaban J connectivity index is 2.02. The SMILES string of the molecule is C=CCc1cc(CN2CCN(C(CC)CO)CC2)cc(OC)c1O. The van der Waals surface area contributed by atoms with Crippen molar-refractivity contribution in [3.63, 3.8) is 0 Å². The van der Waals surface area contributed by atoms with Crippen LogP contribution in [0, 0.1) is 0 Å². The first-order chi connectivity index (χ1) is 11.6. The number of methoxy groups -OCH3 is 1. The summed E-state index contributed by atoms with van der Waals surface area (Å²) < 4.78 is 5.30. The molecule has 1 aliphatic heterocycles. The lowest BCUT2D eigenvalue weighted by atomic mass is 10.0. The minimum Gasteiger partial charge on any atom is -0.504 e. The van der Waals surface area contributed by atoms with E-state index in [0.29, 0.717) is 12.2 Å². The quantitative estimate of drug-likeness (QED) is 0.713. The van der Waals surface area contributed by atoms with Gasteiger partial charge in [-0.2, -0.15) is 0 Å². The fourth-order valence-corrected chi connectivity index (χ4v) is 3.33. The van der Waals surface area contributed by atoms with E-state index in [9.17, 15) is 10.2 Å². The van der Waals surface area contributed by atoms with Crippen LogP contribution in [0.2, 0.25) is 0 Å². The fraction of sp³-hybridized carbons (Fsp3) is 0.579. The standard InChI is InChI=1S/C19H30N2O3/c1-4-6-16-11-15(12-18(24-3)19(16)23)13-20-7-9-21(10-8-20)17(5-2)14-22/h4,11-12,17,22-23H,1,5-10,13-14H2,2-3H3. The molecule has 0 radical (unpaired) electrons. The first kappa shape index (κ1) is 18.8. The number of aliphatic hydroxyl groups is 1. The van der Waals surface area contributed by atoms with Crippen LogP contribution < -0.4 is 4.74 Å². The molecule has 1 unspecified atom stereocenters. The van der Waals surface area contributed by atoms with Gasteiger partial charge in [-0.05, 0) is 24.5 Å². The molecule has 24 heavy (non-hydrogen) atoms. The highest BCUT2D eigenvalue weighted by Gasteiger charge is 2.22. The number of phenols is 1. The Morgan fingerprint density at radius 2 is 2.00 bits per heavy atom. The molecule has 5 nitrogen and oxygen atoms in total. The van der Waals surface area contributed by atoms with E-state index in [1.807, 2.05) is 12.1 Å². The lowest BCUT2D eigenvalue weighted by Crippen LogP contribution is -2.50. The summed E-state index contributed by atoms with van der Waals surface area (Å²) in [5.74, 6) is 0.731. The number of hydrogen-bond donors (Lipinski definition) is 2. The van der Waals surface area contributed by atoms with E-state index in [0.717, 1.165) is 50.3 Å². The summed E-state index contributed by atoms with van der Waals surface area (Å²) in [5, 5.41) is 19.6. The van der Waals surface area contributed by atoms with Gasteiger partial charge in [-0.25, -0.2) is 0 Å². The lowest BCUT2D eigenvalue weighted by Gasteiger charge is -2.38. The van der Waals surface area contributed by atoms with E-state index in [2.05, 4.69) is 23.3 Å². The highest BCUT2D eigenvalue weighted by molar-refractivity contribution is 5.49. The molecule has 1 heterocycles. The zero-order valence-electron chi connectivity index (χ0n) is 14.9. The van der Waals surface area contributed by atoms with Crippen molar-refractivity contribution in [1.29, 1.82) is 0 Å². The van der Waals surface area contributed by atoms with Gasteiger partial charge in [0.1, 0.15) is 0 Å². The van der Waals surface area contributed by atoms with Crippen LogP contribution in [0.5, 0.6) is 11.5 Å². The van der Waals surface area contributed by atoms with E-state index in [4.69, 9.17) is 4.74 Å². The van der Waals surface area contributed by atoms with Crippen molar-refractivity contribution in [3.8, 4) is 11.5 Å². The van der Waals surface area contributed by atoms with Crippen molar-refractivity contribution in [3.05, 3.63) is 35.9 Å². The number of hydrogen-bond acceptors (Lipinski definition) is 5. The highest BCUT2D eigenvalue weighted by atomic mass is 16.5. The van der Waals surface area contributed by atoms with E-state index in [1.54, 1.807) is 13.2 Å². The predicted molar refractivity (Wildman–Crippen MR) is 96.6 cm³/mol. The number of ether oxygens (including phenoxy) is 1. The zero-order chi connectivity index (χ0) is 17.5. The number of phenolic OH excluding ortho intramolecular Hbond substituents is 1. The van der Waals surface area contributed by atoms with Crippen molar-refractivity contribution in [2.75, 3.05) is 39.9 Å². The molecule has 0 aromatic heterocycles. The molecule has 1 aromatic carbocycles. The van der Waals surface area contributed by atoms with Gasteiger partial charge in [0.05, 0.1) is 13.7 Å². The minimum absolute atomic E-state index is 0.208. The van der Waals surface area contributed by atoms with Crippen LogP contribution >= 0.6 is 0 Å². The molecular weight excluding hydrogens is 304 g/mol. The number of allylic oxidation sites excluding steroid dienone is 1. The average Bonchev–Trinajstić information content (AvgIpc) is 2.60. The lowest BCUT2D eigenvalue weighted by molar-refractivity contribution is 0.0608. The number of rotatable bonds is 8. The molecule has 1 aliphatic rings. The van der Waals surface area contributed by atoms with Gasteiger partial charge in [-0.1, -0.05) is 19.1 Å². The summed E-state index contributed by atoms with van der Waals surface area (Å²) >= 11 is 0. The Bertz CT molecular complexity index is 536. The first-order valence-corrected chi connectivity index (χ1v) is 8.69. The smallest absolute Gasteiger partial charge is 0.161 e. The number of aliphatic hydroxyl groups excluding tert-OH is 1. The molecule has 0 amide bonds. The van der Waals surface area contributed by atoms with Crippen LogP contribution in [0.4, 0.5) is 0 Å². The Labute approximate surface area is 145 Å². The molecule has 1 fully saturated rings. The van der Waals surface area contributed by atoms with E-state index in [-0.39, 0.29) is 18.4 Å². The van der Waals surface area contributed by atoms with Gasteiger partial charge in [0, 0.05) is 44.3 Å². The average molecular weight is 334 g/mol. The van der Waals surface area contributed by atoms with Gasteiger partial charge in [0.15, 0.2) is 11.5 Å². The van der Waals surface area contributed by atoms with Crippen LogP contribution in [-0.4, -0.2) is 66.0 Å². The Morgan fingerprint density at radius 3 is 2.54 bits per heavy atom. The molecule has 0 spiro atoms. The summed E-state index contributed by atoms with van der Waals surface area (Å²) in [7, 11) is 1.58. The summed E-state index contributed by atoms with van der Waals surface area (Å²) in [6, 6.07) is 4.23. The first-order valence-electron chi connectivity index (χ1n) is 8.69. The molecule has 5 heteroatoms. The van der Waals surface area contributed by atoms with E-state index < -0.39 is 0 Å². The van der Waals surface area contributed by atoms with Crippen molar-refractivity contribution in [2.24, 2.45) is 0 Å². The summed E-state index contributed by atoms with van der Waals surface area (Å²) in [6.45, 7) is 10.9. The maximum atomic E-state index is 10.2. The van der Waals surface area contributed by atoms with Gasteiger partial charge in [0.2, 0.25) is 0 Å². The van der Waals surface area contributed by atoms with Gasteiger partial charge < -0.3 is 14.9 Å². The Hall–Kier alpha value is -1.56. The Morgan fingerprint density at radius 1 is 1.29 bits per heavy atom. The molecular formula is C19H30N2O3. The second kappa shape index (κ2) is 9.06. The fourth-order valence-electron chi connectivity index (χ4n) is 3.33. The van der Waals surface area contributed by atoms with Crippen molar-refractivity contribution in [1.82, 2.24) is 9.80 Å². The van der Waals surface area contributed by atoms with Crippen molar-refractivity contribution >= 4 is 0 Å². The van der Waals surface area contributed by atoms with Crippen LogP contribution in [0.15, 0.2) is 24.8 Å². The third-order valence-corrected chi connectivity index (χ3v) is 4.81. The molecule has 1 saturated heterocycles. The second-order valence-corrected chi connectivity index (χ2v) is 6.36. The van der Waals surface area contributed by atoms with E-state index in [1.165, 1.54) is 0 Å². The summed E-state index contributed by atoms with van der Waals surface area (Å²) in [4.78, 5) is 4.78. The molecule has 1 atom stereocenters. The molecule has 2 N–H and O–H groups in total. The zero-order valence-corrected chi connectivity index (χ0v) is 14.9. The van der Waals surface area contributed by atoms with Crippen LogP contribution in [0.1, 0.15) is 24.5 Å². The number of aromatic hydroxyl groups is 1. The third kappa shape index (κ3) is 4.50. The number of nitrogens with zero attached hydrogens (tertiary/aromatic N) is 2. The van der Waals surface area contributed by atoms with Gasteiger partial charge >= 0.3 is 0 Å². The number of benzene rings is 1. The van der Waals surface area contributed by atoms with Gasteiger partial charge in [0.25, 0.3) is 0 Å². The van der Waals surface area contributed by atoms with Crippen LogP contribution in [-0.2, 0) is 13.0 Å². The summed E-state index contributed by atoms with van der Waals surface area (Å²) in [5.41, 5.74) is 1.99. The molecule has 2 rings (SSSR count). The molecule has 0 saturated carbocycles. The van der Waals surface area contributed by atoms with Crippen LogP contribution in [0.3, 0.4) is 0 Å². The maximum Gasteiger partial charge on any atom is 0.161 e. The topological polar surface area (TPSA) is 56.2 Å². The second-order valence-electron chi connectivity index (χ2n) is 6.36. The van der Waals surface area contributed by atoms with Crippen molar-refractivity contribution in [2.45, 2.75) is 32.4 Å². The predicted octanol–water partition coefficient (Wildman–Crippen LogP) is 2.02.